The Balaban J connectivity index is 1.87. The second kappa shape index (κ2) is 8.64. The molecule has 0 spiro atoms. The van der Waals surface area contributed by atoms with Gasteiger partial charge in [0.05, 0.1) is 16.2 Å². The smallest absolute Gasteiger partial charge is 0.573 e. The first kappa shape index (κ1) is 21.5. The van der Waals surface area contributed by atoms with Crippen molar-refractivity contribution in [2.24, 2.45) is 0 Å². The van der Waals surface area contributed by atoms with Crippen LogP contribution >= 0.6 is 23.2 Å². The Bertz CT molecular complexity index is 1080. The van der Waals surface area contributed by atoms with E-state index in [1.807, 2.05) is 0 Å². The molecule has 3 rings (SSSR count). The molecule has 0 aliphatic rings. The fourth-order valence-electron chi connectivity index (χ4n) is 2.24. The molecule has 0 aliphatic carbocycles. The summed E-state index contributed by atoms with van der Waals surface area (Å²) >= 11 is 12.0. The molecule has 0 saturated carbocycles. The summed E-state index contributed by atoms with van der Waals surface area (Å²) in [6, 6.07) is 8.33. The maximum atomic E-state index is 12.6. The lowest BCUT2D eigenvalue weighted by molar-refractivity contribution is -0.592. The van der Waals surface area contributed by atoms with E-state index < -0.39 is 18.0 Å². The summed E-state index contributed by atoms with van der Waals surface area (Å²) in [6.07, 6.45) is -2.39. The van der Waals surface area contributed by atoms with E-state index in [9.17, 15) is 23.2 Å². The molecule has 0 saturated heterocycles. The zero-order valence-electron chi connectivity index (χ0n) is 14.6. The number of nitrogens with one attached hydrogen (secondary N) is 1. The number of hydrogen-bond acceptors (Lipinski definition) is 5. The number of benzene rings is 2. The Labute approximate surface area is 177 Å². The maximum Gasteiger partial charge on any atom is 0.573 e. The van der Waals surface area contributed by atoms with E-state index in [2.05, 4.69) is 15.0 Å². The monoisotopic (exact) mass is 459 g/mol. The number of carbonyl (C=O) groups is 1. The van der Waals surface area contributed by atoms with Gasteiger partial charge < -0.3 is 14.7 Å². The van der Waals surface area contributed by atoms with Crippen molar-refractivity contribution in [1.29, 1.82) is 0 Å². The molecule has 0 bridgehead atoms. The first-order chi connectivity index (χ1) is 14.1. The molecule has 1 aromatic heterocycles. The third-order valence-corrected chi connectivity index (χ3v) is 4.21. The van der Waals surface area contributed by atoms with Crippen LogP contribution in [0.3, 0.4) is 0 Å². The summed E-state index contributed by atoms with van der Waals surface area (Å²) in [5.74, 6) is -1.47. The molecule has 0 atom stereocenters. The molecule has 1 heterocycles. The lowest BCUT2D eigenvalue weighted by Crippen LogP contribution is -2.33. The predicted molar refractivity (Wildman–Crippen MR) is 101 cm³/mol. The first-order valence-electron chi connectivity index (χ1n) is 8.00. The van der Waals surface area contributed by atoms with E-state index in [1.54, 1.807) is 0 Å². The number of rotatable bonds is 5. The van der Waals surface area contributed by atoms with E-state index in [0.29, 0.717) is 4.73 Å². The predicted octanol–water partition coefficient (Wildman–Crippen LogP) is 4.97. The largest absolute Gasteiger partial charge is 0.740 e. The molecule has 1 N–H and O–H groups in total. The van der Waals surface area contributed by atoms with Crippen LogP contribution in [0.25, 0.3) is 0 Å². The van der Waals surface area contributed by atoms with Gasteiger partial charge in [0.2, 0.25) is 0 Å². The summed E-state index contributed by atoms with van der Waals surface area (Å²) in [5, 5.41) is 14.1. The van der Waals surface area contributed by atoms with Crippen molar-refractivity contribution < 1.29 is 32.2 Å². The highest BCUT2D eigenvalue weighted by Crippen LogP contribution is 2.34. The van der Waals surface area contributed by atoms with Gasteiger partial charge in [-0.15, -0.1) is 13.2 Å². The van der Waals surface area contributed by atoms with Gasteiger partial charge >= 0.3 is 18.2 Å². The van der Waals surface area contributed by atoms with Gasteiger partial charge in [0, 0.05) is 12.1 Å². The van der Waals surface area contributed by atoms with Gasteiger partial charge in [-0.1, -0.05) is 28.2 Å². The highest BCUT2D eigenvalue weighted by molar-refractivity contribution is 6.42. The van der Waals surface area contributed by atoms with Gasteiger partial charge in [-0.2, -0.15) is 0 Å². The molecule has 1 amide bonds. The van der Waals surface area contributed by atoms with Crippen LogP contribution in [-0.2, 0) is 0 Å². The third kappa shape index (κ3) is 5.43. The van der Waals surface area contributed by atoms with Crippen molar-refractivity contribution in [3.05, 3.63) is 75.7 Å². The lowest BCUT2D eigenvalue weighted by atomic mass is 10.2. The summed E-state index contributed by atoms with van der Waals surface area (Å²) in [6.45, 7) is 0. The van der Waals surface area contributed by atoms with Crippen molar-refractivity contribution in [2.45, 2.75) is 6.36 Å². The number of aromatic nitrogens is 2. The van der Waals surface area contributed by atoms with E-state index in [4.69, 9.17) is 27.9 Å². The molecular weight excluding hydrogens is 450 g/mol. The zero-order chi connectivity index (χ0) is 21.9. The lowest BCUT2D eigenvalue weighted by Gasteiger charge is -2.13. The van der Waals surface area contributed by atoms with Crippen LogP contribution in [0.4, 0.5) is 19.1 Å². The van der Waals surface area contributed by atoms with Gasteiger partial charge in [0.1, 0.15) is 29.0 Å². The van der Waals surface area contributed by atoms with Crippen molar-refractivity contribution in [3.63, 3.8) is 0 Å². The summed E-state index contributed by atoms with van der Waals surface area (Å²) < 4.78 is 46.5. The quantitative estimate of drug-likeness (QED) is 0.430. The fourth-order valence-corrected chi connectivity index (χ4v) is 2.56. The van der Waals surface area contributed by atoms with E-state index in [0.717, 1.165) is 18.3 Å². The number of ether oxygens (including phenoxy) is 2. The van der Waals surface area contributed by atoms with E-state index >= 15 is 0 Å². The highest BCUT2D eigenvalue weighted by Gasteiger charge is 2.31. The number of carbonyl (C=O) groups excluding carboxylic acids is 1. The van der Waals surface area contributed by atoms with Crippen LogP contribution in [0.5, 0.6) is 17.2 Å². The molecule has 30 heavy (non-hydrogen) atoms. The van der Waals surface area contributed by atoms with Crippen molar-refractivity contribution in [2.75, 3.05) is 5.32 Å². The molecule has 0 radical (unpaired) electrons. The maximum absolute atomic E-state index is 12.6. The van der Waals surface area contributed by atoms with Gasteiger partial charge in [-0.05, 0) is 30.3 Å². The minimum absolute atomic E-state index is 0.0408. The molecule has 12 heteroatoms. The molecule has 0 aliphatic heterocycles. The summed E-state index contributed by atoms with van der Waals surface area (Å²) in [7, 11) is 0. The van der Waals surface area contributed by atoms with Gasteiger partial charge in [0.25, 0.3) is 0 Å². The van der Waals surface area contributed by atoms with Gasteiger partial charge in [0.15, 0.2) is 0 Å². The van der Waals surface area contributed by atoms with Gasteiger partial charge in [-0.25, -0.2) is 10.0 Å². The number of nitrogens with zero attached hydrogens (tertiary/aromatic N) is 2. The zero-order valence-corrected chi connectivity index (χ0v) is 16.1. The average molecular weight is 460 g/mol. The Morgan fingerprint density at radius 3 is 2.37 bits per heavy atom. The number of alkyl halides is 3. The van der Waals surface area contributed by atoms with Crippen LogP contribution in [-0.4, -0.2) is 17.3 Å². The van der Waals surface area contributed by atoms with E-state index in [-0.39, 0.29) is 33.1 Å². The number of anilines is 1. The standard InChI is InChI=1S/C18H10Cl2F3N3O4/c19-13-8-12(16(27)25-17-24-6-1-7-26(17)28)15(9-14(13)20)29-10-2-4-11(5-3-10)30-18(21,22)23/h1-9H,(H,24,25,27). The summed E-state index contributed by atoms with van der Waals surface area (Å²) in [4.78, 5) is 16.4. The molecule has 0 fully saturated rings. The van der Waals surface area contributed by atoms with Crippen LogP contribution in [0, 0.1) is 5.21 Å². The average Bonchev–Trinajstić information content (AvgIpc) is 2.66. The Morgan fingerprint density at radius 1 is 1.10 bits per heavy atom. The Morgan fingerprint density at radius 2 is 1.73 bits per heavy atom. The molecule has 7 nitrogen and oxygen atoms in total. The normalized spacial score (nSPS) is 11.1. The number of amides is 1. The second-order valence-corrected chi connectivity index (χ2v) is 6.42. The molecule has 2 aromatic carbocycles. The van der Waals surface area contributed by atoms with Crippen molar-refractivity contribution >= 4 is 35.1 Å². The van der Waals surface area contributed by atoms with Crippen LogP contribution < -0.4 is 19.5 Å². The summed E-state index contributed by atoms with van der Waals surface area (Å²) in [5.41, 5.74) is -0.0920. The minimum atomic E-state index is -4.83. The van der Waals surface area contributed by atoms with Crippen molar-refractivity contribution in [3.8, 4) is 17.2 Å². The van der Waals surface area contributed by atoms with Crippen molar-refractivity contribution in [1.82, 2.24) is 4.98 Å². The highest BCUT2D eigenvalue weighted by atomic mass is 35.5. The van der Waals surface area contributed by atoms with Crippen LogP contribution in [0.15, 0.2) is 54.9 Å². The topological polar surface area (TPSA) is 87.4 Å². The second-order valence-electron chi connectivity index (χ2n) is 5.61. The molecule has 3 aromatic rings. The number of halogens is 5. The fraction of sp³-hybridized carbons (Fsp3) is 0.0556. The number of hydrogen-bond donors (Lipinski definition) is 1. The Hall–Kier alpha value is -3.24. The van der Waals surface area contributed by atoms with E-state index in [1.165, 1.54) is 36.5 Å². The SMILES string of the molecule is O=C(Nc1nccc[n+]1[O-])c1cc(Cl)c(Cl)cc1Oc1ccc(OC(F)(F)F)cc1. The Kier molecular flexibility index (Phi) is 6.18. The first-order valence-corrected chi connectivity index (χ1v) is 8.76. The van der Waals surface area contributed by atoms with Gasteiger partial charge in [-0.3, -0.25) is 4.79 Å². The minimum Gasteiger partial charge on any atom is -0.740 e. The third-order valence-electron chi connectivity index (χ3n) is 3.49. The van der Waals surface area contributed by atoms with Crippen LogP contribution in [0.1, 0.15) is 10.4 Å². The molecule has 156 valence electrons. The molecule has 0 unspecified atom stereocenters. The van der Waals surface area contributed by atoms with Crippen LogP contribution in [0.2, 0.25) is 10.0 Å². The molecular formula is C18H10Cl2F3N3O4.